The molecule has 0 unspecified atom stereocenters. The van der Waals surface area contributed by atoms with E-state index < -0.39 is 0 Å². The van der Waals surface area contributed by atoms with Crippen molar-refractivity contribution >= 4 is 17.9 Å². The van der Waals surface area contributed by atoms with Crippen LogP contribution in [0.3, 0.4) is 0 Å². The second-order valence-electron chi connectivity index (χ2n) is 2.25. The molecule has 0 fully saturated rings. The quantitative estimate of drug-likeness (QED) is 0.756. The topological polar surface area (TPSA) is 46.2 Å². The molecule has 0 aromatic heterocycles. The van der Waals surface area contributed by atoms with Gasteiger partial charge in [-0.3, -0.25) is 11.1 Å². The predicted octanol–water partition coefficient (Wildman–Crippen LogP) is 1.76. The molecule has 1 rings (SSSR count). The largest absolute Gasteiger partial charge is 0.542 e. The minimum atomic E-state index is -0.0359. The molecule has 0 heterocycles. The van der Waals surface area contributed by atoms with Crippen molar-refractivity contribution in [3.05, 3.63) is 30.3 Å². The van der Waals surface area contributed by atoms with E-state index in [9.17, 15) is 4.79 Å². The maximum absolute atomic E-state index is 10.5. The summed E-state index contributed by atoms with van der Waals surface area (Å²) < 4.78 is 0. The Morgan fingerprint density at radius 2 is 1.71 bits per heavy atom. The molecule has 4 heteroatoms. The van der Waals surface area contributed by atoms with Gasteiger partial charge in [0.15, 0.2) is 0 Å². The van der Waals surface area contributed by atoms with Crippen molar-refractivity contribution in [2.45, 2.75) is 13.8 Å². The van der Waals surface area contributed by atoms with E-state index in [0.29, 0.717) is 0 Å². The first-order valence-corrected chi connectivity index (χ1v) is 3.82. The Kier molecular flexibility index (Phi) is 10.9. The van der Waals surface area contributed by atoms with E-state index >= 15 is 0 Å². The summed E-state index contributed by atoms with van der Waals surface area (Å²) in [5, 5.41) is 2.67. The Morgan fingerprint density at radius 3 is 2.07 bits per heavy atom. The zero-order valence-electron chi connectivity index (χ0n) is 8.04. The van der Waals surface area contributed by atoms with Crippen molar-refractivity contribution in [3.8, 4) is 0 Å². The van der Waals surface area contributed by atoms with Gasteiger partial charge in [-0.15, -0.1) is 0 Å². The van der Waals surface area contributed by atoms with E-state index in [1.165, 1.54) is 20.1 Å². The van der Waals surface area contributed by atoms with Gasteiger partial charge < -0.3 is 10.1 Å². The van der Waals surface area contributed by atoms with E-state index in [2.05, 4.69) is 5.32 Å². The van der Waals surface area contributed by atoms with Gasteiger partial charge in [0.05, 0.1) is 0 Å². The van der Waals surface area contributed by atoms with Crippen LogP contribution in [0.5, 0.6) is 0 Å². The monoisotopic (exact) mass is 237 g/mol. The minimum Gasteiger partial charge on any atom is -0.542 e. The molecule has 0 spiro atoms. The van der Waals surface area contributed by atoms with E-state index in [0.717, 1.165) is 5.69 Å². The third kappa shape index (κ3) is 8.96. The van der Waals surface area contributed by atoms with E-state index in [1.54, 1.807) is 0 Å². The standard InChI is InChI=1S/C8H9NO.C2H3O.Co/c1-7(10)9-8-5-3-2-4-6-8;1-2-3;/h2-6H,1H3,(H,9,10);1H3;/q;-1;. The Morgan fingerprint density at radius 1 is 1.29 bits per heavy atom. The summed E-state index contributed by atoms with van der Waals surface area (Å²) in [4.78, 5) is 19.2. The molecule has 0 aliphatic heterocycles. The van der Waals surface area contributed by atoms with Gasteiger partial charge in [-0.25, -0.2) is 0 Å². The number of carbonyl (C=O) groups is 1. The van der Waals surface area contributed by atoms with Crippen molar-refractivity contribution in [1.29, 1.82) is 0 Å². The maximum atomic E-state index is 10.5. The van der Waals surface area contributed by atoms with E-state index in [-0.39, 0.29) is 22.7 Å². The Hall–Kier alpha value is -1.13. The zero-order valence-corrected chi connectivity index (χ0v) is 9.08. The number of anilines is 1. The summed E-state index contributed by atoms with van der Waals surface area (Å²) in [6.45, 7) is 2.81. The Bertz CT molecular complexity index is 262. The third-order valence-corrected chi connectivity index (χ3v) is 1.09. The fraction of sp³-hybridized carbons (Fsp3) is 0.200. The number of amides is 1. The van der Waals surface area contributed by atoms with Crippen molar-refractivity contribution in [2.75, 3.05) is 5.32 Å². The van der Waals surface area contributed by atoms with Crippen LogP contribution in [-0.4, -0.2) is 12.2 Å². The fourth-order valence-corrected chi connectivity index (χ4v) is 0.725. The van der Waals surface area contributed by atoms with Crippen LogP contribution in [0.25, 0.3) is 0 Å². The number of hydrogen-bond acceptors (Lipinski definition) is 2. The van der Waals surface area contributed by atoms with Gasteiger partial charge in [0.25, 0.3) is 0 Å². The molecular weight excluding hydrogens is 225 g/mol. The first kappa shape index (κ1) is 15.3. The van der Waals surface area contributed by atoms with Crippen LogP contribution in [-0.2, 0) is 26.4 Å². The second kappa shape index (κ2) is 9.95. The second-order valence-corrected chi connectivity index (χ2v) is 2.25. The van der Waals surface area contributed by atoms with Crippen LogP contribution in [0.2, 0.25) is 0 Å². The minimum absolute atomic E-state index is 0. The summed E-state index contributed by atoms with van der Waals surface area (Å²) in [5.41, 5.74) is 0.843. The van der Waals surface area contributed by atoms with E-state index in [4.69, 9.17) is 4.79 Å². The van der Waals surface area contributed by atoms with Gasteiger partial charge in [0.2, 0.25) is 5.91 Å². The molecule has 1 N–H and O–H groups in total. The van der Waals surface area contributed by atoms with Gasteiger partial charge >= 0.3 is 0 Å². The van der Waals surface area contributed by atoms with Crippen LogP contribution in [0.15, 0.2) is 30.3 Å². The predicted molar refractivity (Wildman–Crippen MR) is 52.1 cm³/mol. The van der Waals surface area contributed by atoms with Gasteiger partial charge in [-0.1, -0.05) is 18.2 Å². The molecule has 79 valence electrons. The van der Waals surface area contributed by atoms with Crippen LogP contribution < -0.4 is 5.32 Å². The molecular formula is C10H12CoNO2-. The number of carbonyl (C=O) groups excluding carboxylic acids is 2. The number of benzene rings is 1. The van der Waals surface area contributed by atoms with Crippen molar-refractivity contribution in [1.82, 2.24) is 0 Å². The number of rotatable bonds is 1. The Balaban J connectivity index is 0. The molecule has 1 amide bonds. The molecule has 0 aliphatic carbocycles. The average molecular weight is 237 g/mol. The van der Waals surface area contributed by atoms with Crippen LogP contribution >= 0.6 is 0 Å². The summed E-state index contributed by atoms with van der Waals surface area (Å²) in [6, 6.07) is 9.37. The molecule has 0 aliphatic rings. The smallest absolute Gasteiger partial charge is 0.221 e. The third-order valence-electron chi connectivity index (χ3n) is 1.09. The summed E-state index contributed by atoms with van der Waals surface area (Å²) in [7, 11) is 0. The van der Waals surface area contributed by atoms with Crippen LogP contribution in [0.4, 0.5) is 5.69 Å². The summed E-state index contributed by atoms with van der Waals surface area (Å²) in [6.07, 6.45) is 1.50. The van der Waals surface area contributed by atoms with Crippen LogP contribution in [0.1, 0.15) is 13.8 Å². The van der Waals surface area contributed by atoms with Crippen molar-refractivity contribution in [3.63, 3.8) is 0 Å². The van der Waals surface area contributed by atoms with Crippen LogP contribution in [0, 0.1) is 0 Å². The fourth-order valence-electron chi connectivity index (χ4n) is 0.725. The van der Waals surface area contributed by atoms with Gasteiger partial charge in [-0.2, -0.15) is 6.92 Å². The molecule has 0 atom stereocenters. The summed E-state index contributed by atoms with van der Waals surface area (Å²) >= 11 is 0. The Labute approximate surface area is 94.1 Å². The first-order chi connectivity index (χ1) is 6.20. The molecule has 1 radical (unpaired) electrons. The normalized spacial score (nSPS) is 7.29. The molecule has 14 heavy (non-hydrogen) atoms. The SMILES string of the molecule is CC(=O)Nc1ccccc1.C[C-]=O.[Co]. The van der Waals surface area contributed by atoms with Gasteiger partial charge in [-0.05, 0) is 12.1 Å². The van der Waals surface area contributed by atoms with Crippen molar-refractivity contribution < 1.29 is 26.4 Å². The number of para-hydroxylation sites is 1. The number of nitrogens with one attached hydrogen (secondary N) is 1. The molecule has 0 saturated carbocycles. The maximum Gasteiger partial charge on any atom is 0.221 e. The van der Waals surface area contributed by atoms with Gasteiger partial charge in [0.1, 0.15) is 0 Å². The molecule has 3 nitrogen and oxygen atoms in total. The zero-order chi connectivity index (χ0) is 10.1. The van der Waals surface area contributed by atoms with Gasteiger partial charge in [0, 0.05) is 29.4 Å². The first-order valence-electron chi connectivity index (χ1n) is 3.82. The average Bonchev–Trinajstić information content (AvgIpc) is 2.06. The van der Waals surface area contributed by atoms with E-state index in [1.807, 2.05) is 30.3 Å². The molecule has 1 aromatic rings. The molecule has 0 saturated heterocycles. The number of hydrogen-bond donors (Lipinski definition) is 1. The molecule has 0 bridgehead atoms. The summed E-state index contributed by atoms with van der Waals surface area (Å²) in [5.74, 6) is -0.0359. The van der Waals surface area contributed by atoms with Crippen molar-refractivity contribution in [2.24, 2.45) is 0 Å². The molecule has 1 aromatic carbocycles.